The Kier molecular flexibility index (Phi) is 10.3. The number of nitrogens with zero attached hydrogens (tertiary/aromatic N) is 12. The fourth-order valence-corrected chi connectivity index (χ4v) is 10.0. The second-order valence-corrected chi connectivity index (χ2v) is 18.0. The molecular formula is C62H40N12. The zero-order chi connectivity index (χ0) is 49.0. The number of aromatic nitrogens is 12. The number of hydrogen-bond donors (Lipinski definition) is 0. The lowest BCUT2D eigenvalue weighted by molar-refractivity contribution is 0.762. The summed E-state index contributed by atoms with van der Waals surface area (Å²) in [5.74, 6) is 5.43. The zero-order valence-corrected chi connectivity index (χ0v) is 39.5. The molecule has 1 unspecified atom stereocenters. The van der Waals surface area contributed by atoms with Gasteiger partial charge in [-0.05, 0) is 66.1 Å². The first-order chi connectivity index (χ1) is 36.7. The second-order valence-electron chi connectivity index (χ2n) is 18.0. The van der Waals surface area contributed by atoms with Crippen LogP contribution in [0.1, 0.15) is 18.2 Å². The molecule has 0 radical (unpaired) electrons. The smallest absolute Gasteiger partial charge is 0.201 e. The molecule has 0 fully saturated rings. The minimum Gasteiger partial charge on any atom is -0.294 e. The summed E-state index contributed by atoms with van der Waals surface area (Å²) >= 11 is 0. The van der Waals surface area contributed by atoms with E-state index in [1.807, 2.05) is 109 Å². The molecule has 1 atom stereocenters. The Hall–Kier alpha value is -10.2. The molecule has 74 heavy (non-hydrogen) atoms. The lowest BCUT2D eigenvalue weighted by atomic mass is 10.00. The summed E-state index contributed by atoms with van der Waals surface area (Å²) in [4.78, 5) is 49.4. The first-order valence-corrected chi connectivity index (χ1v) is 24.4. The minimum atomic E-state index is 0.0165. The van der Waals surface area contributed by atoms with Crippen molar-refractivity contribution in [2.45, 2.75) is 12.3 Å². The fraction of sp³-hybridized carbons (Fsp3) is 0.0323. The van der Waals surface area contributed by atoms with Crippen LogP contribution in [0, 0.1) is 0 Å². The van der Waals surface area contributed by atoms with E-state index >= 15 is 0 Å². The van der Waals surface area contributed by atoms with Gasteiger partial charge in [0, 0.05) is 56.5 Å². The Balaban J connectivity index is 0.852. The summed E-state index contributed by atoms with van der Waals surface area (Å²) in [5.41, 5.74) is 8.90. The number of allylic oxidation sites excluding steroid dienone is 4. The Bertz CT molecular complexity index is 4300. The van der Waals surface area contributed by atoms with Gasteiger partial charge in [0.05, 0.1) is 22.1 Å². The van der Waals surface area contributed by atoms with Gasteiger partial charge in [-0.1, -0.05) is 164 Å². The maximum Gasteiger partial charge on any atom is 0.201 e. The molecule has 1 aliphatic rings. The van der Waals surface area contributed by atoms with Gasteiger partial charge in [0.1, 0.15) is 17.5 Å². The average Bonchev–Trinajstić information content (AvgIpc) is 4.02. The van der Waals surface area contributed by atoms with Crippen molar-refractivity contribution in [1.29, 1.82) is 0 Å². The minimum absolute atomic E-state index is 0.0165. The highest BCUT2D eigenvalue weighted by molar-refractivity contribution is 6.12. The normalized spacial score (nSPS) is 13.4. The Labute approximate surface area is 423 Å². The van der Waals surface area contributed by atoms with Gasteiger partial charge in [0.15, 0.2) is 29.1 Å². The summed E-state index contributed by atoms with van der Waals surface area (Å²) < 4.78 is 4.39. The third-order valence-electron chi connectivity index (χ3n) is 13.5. The Morgan fingerprint density at radius 2 is 0.743 bits per heavy atom. The van der Waals surface area contributed by atoms with Gasteiger partial charge in [-0.2, -0.15) is 0 Å². The molecule has 0 aliphatic heterocycles. The van der Waals surface area contributed by atoms with Gasteiger partial charge in [0.2, 0.25) is 11.6 Å². The largest absolute Gasteiger partial charge is 0.294 e. The molecule has 7 aromatic carbocycles. The quantitative estimate of drug-likeness (QED) is 0.137. The van der Waals surface area contributed by atoms with E-state index in [-0.39, 0.29) is 5.92 Å². The van der Waals surface area contributed by atoms with Crippen LogP contribution in [-0.2, 0) is 0 Å². The van der Waals surface area contributed by atoms with E-state index in [2.05, 4.69) is 112 Å². The lowest BCUT2D eigenvalue weighted by Gasteiger charge is -2.14. The van der Waals surface area contributed by atoms with Crippen LogP contribution in [-0.4, -0.2) is 59.0 Å². The fourth-order valence-electron chi connectivity index (χ4n) is 10.0. The molecular weight excluding hydrogens is 913 g/mol. The molecule has 6 heterocycles. The van der Waals surface area contributed by atoms with Crippen LogP contribution < -0.4 is 0 Å². The van der Waals surface area contributed by atoms with E-state index in [9.17, 15) is 0 Å². The average molecular weight is 953 g/mol. The Morgan fingerprint density at radius 1 is 0.324 bits per heavy atom. The summed E-state index contributed by atoms with van der Waals surface area (Å²) in [6.45, 7) is 0. The molecule has 0 spiro atoms. The van der Waals surface area contributed by atoms with Gasteiger partial charge < -0.3 is 0 Å². The summed E-state index contributed by atoms with van der Waals surface area (Å²) in [5, 5.41) is 4.41. The third kappa shape index (κ3) is 7.56. The molecule has 12 heteroatoms. The van der Waals surface area contributed by atoms with E-state index in [0.717, 1.165) is 77.8 Å². The highest BCUT2D eigenvalue weighted by Gasteiger charge is 2.22. The first-order valence-electron chi connectivity index (χ1n) is 24.4. The molecule has 13 aromatic rings. The Morgan fingerprint density at radius 3 is 1.23 bits per heavy atom. The van der Waals surface area contributed by atoms with Crippen LogP contribution in [0.15, 0.2) is 225 Å². The van der Waals surface area contributed by atoms with E-state index < -0.39 is 0 Å². The van der Waals surface area contributed by atoms with Crippen molar-refractivity contribution in [2.24, 2.45) is 0 Å². The standard InChI is InChI=1S/C62H40N12/c1-5-17-39(18-6-1)55-67-56(40-19-7-2-8-20-40)70-61(69-55)59-63-35-33-53(65-59)73-49-27-15-13-25-45(49)47-37-43(29-31-51(47)73)44-30-32-52-48(38-44)46-26-14-16-28-50(46)74(52)54-34-36-64-60(66-54)62-71-57(41-21-9-3-10-22-41)68-58(72-62)42-23-11-4-12-24-42/h1-23,25-38,42H,24H2. The third-order valence-corrected chi connectivity index (χ3v) is 13.5. The van der Waals surface area contributed by atoms with Gasteiger partial charge in [-0.25, -0.2) is 49.8 Å². The van der Waals surface area contributed by atoms with Crippen LogP contribution in [0.5, 0.6) is 0 Å². The van der Waals surface area contributed by atoms with Crippen LogP contribution in [0.4, 0.5) is 0 Å². The van der Waals surface area contributed by atoms with Crippen LogP contribution in [0.2, 0.25) is 0 Å². The number of hydrogen-bond acceptors (Lipinski definition) is 10. The first kappa shape index (κ1) is 42.7. The molecule has 12 nitrogen and oxygen atoms in total. The van der Waals surface area contributed by atoms with Gasteiger partial charge >= 0.3 is 0 Å². The van der Waals surface area contributed by atoms with Crippen molar-refractivity contribution in [2.75, 3.05) is 0 Å². The zero-order valence-electron chi connectivity index (χ0n) is 39.5. The summed E-state index contributed by atoms with van der Waals surface area (Å²) in [7, 11) is 0. The second kappa shape index (κ2) is 17.9. The van der Waals surface area contributed by atoms with Crippen molar-refractivity contribution in [3.05, 3.63) is 231 Å². The predicted octanol–water partition coefficient (Wildman–Crippen LogP) is 13.4. The molecule has 0 saturated carbocycles. The number of rotatable bonds is 9. The van der Waals surface area contributed by atoms with E-state index in [1.165, 1.54) is 0 Å². The van der Waals surface area contributed by atoms with Gasteiger partial charge in [-0.3, -0.25) is 9.13 Å². The van der Waals surface area contributed by atoms with Crippen molar-refractivity contribution >= 4 is 43.6 Å². The predicted molar refractivity (Wildman–Crippen MR) is 291 cm³/mol. The molecule has 1 aliphatic carbocycles. The SMILES string of the molecule is C1=CCC(c2nc(-c3ccccc3)nc(-c3nccc(-n4c5ccccc5c5cc(-c6ccc7c(c6)c6ccccc6n7-c6ccnc(-c7nc(-c8ccccc8)nc(-c8ccccc8)n7)n6)ccc54)n3)n2)C=C1. The van der Waals surface area contributed by atoms with E-state index in [0.29, 0.717) is 58.2 Å². The molecule has 0 N–H and O–H groups in total. The number of para-hydroxylation sites is 2. The maximum atomic E-state index is 5.18. The monoisotopic (exact) mass is 952 g/mol. The van der Waals surface area contributed by atoms with E-state index in [4.69, 9.17) is 49.8 Å². The summed E-state index contributed by atoms with van der Waals surface area (Å²) in [6.07, 6.45) is 12.7. The van der Waals surface area contributed by atoms with Crippen LogP contribution in [0.25, 0.3) is 124 Å². The molecule has 0 bridgehead atoms. The van der Waals surface area contributed by atoms with Crippen molar-refractivity contribution in [3.63, 3.8) is 0 Å². The van der Waals surface area contributed by atoms with Gasteiger partial charge in [-0.15, -0.1) is 0 Å². The molecule has 14 rings (SSSR count). The van der Waals surface area contributed by atoms with Crippen molar-refractivity contribution in [1.82, 2.24) is 59.0 Å². The molecule has 0 saturated heterocycles. The van der Waals surface area contributed by atoms with Crippen molar-refractivity contribution in [3.8, 4) is 80.2 Å². The number of benzene rings is 7. The molecule has 0 amide bonds. The molecule has 348 valence electrons. The van der Waals surface area contributed by atoms with Gasteiger partial charge in [0.25, 0.3) is 0 Å². The topological polar surface area (TPSA) is 139 Å². The van der Waals surface area contributed by atoms with Crippen LogP contribution in [0.3, 0.4) is 0 Å². The van der Waals surface area contributed by atoms with E-state index in [1.54, 1.807) is 12.4 Å². The summed E-state index contributed by atoms with van der Waals surface area (Å²) in [6, 6.07) is 63.9. The maximum absolute atomic E-state index is 5.18. The molecule has 6 aromatic heterocycles. The number of fused-ring (bicyclic) bond motifs is 6. The highest BCUT2D eigenvalue weighted by Crippen LogP contribution is 2.39. The van der Waals surface area contributed by atoms with Crippen molar-refractivity contribution < 1.29 is 0 Å². The van der Waals surface area contributed by atoms with Crippen LogP contribution >= 0.6 is 0 Å². The highest BCUT2D eigenvalue weighted by atomic mass is 15.1. The lowest BCUT2D eigenvalue weighted by Crippen LogP contribution is -2.09.